The number of hydrogen-bond acceptors (Lipinski definition) is 4. The fourth-order valence-electron chi connectivity index (χ4n) is 3.80. The summed E-state index contributed by atoms with van der Waals surface area (Å²) in [6.07, 6.45) is 0. The minimum Gasteiger partial charge on any atom is -0.379 e. The van der Waals surface area contributed by atoms with Crippen molar-refractivity contribution >= 4 is 28.2 Å². The van der Waals surface area contributed by atoms with Gasteiger partial charge in [0.25, 0.3) is 5.56 Å². The lowest BCUT2D eigenvalue weighted by atomic mass is 10.1. The van der Waals surface area contributed by atoms with Gasteiger partial charge in [0.05, 0.1) is 25.3 Å². The molecule has 0 bridgehead atoms. The lowest BCUT2D eigenvalue weighted by Gasteiger charge is -2.31. The lowest BCUT2D eigenvalue weighted by Crippen LogP contribution is -2.46. The van der Waals surface area contributed by atoms with E-state index in [0.717, 1.165) is 68.0 Å². The molecule has 0 unspecified atom stereocenters. The zero-order valence-electron chi connectivity index (χ0n) is 18.6. The highest BCUT2D eigenvalue weighted by atomic mass is 32.1. The number of morpholine rings is 1. The number of aromatic amines is 1. The molecular weight excluding hydrogens is 396 g/mol. The second kappa shape index (κ2) is 10.4. The van der Waals surface area contributed by atoms with Crippen LogP contribution in [0.3, 0.4) is 0 Å². The van der Waals surface area contributed by atoms with Crippen molar-refractivity contribution in [2.75, 3.05) is 45.9 Å². The summed E-state index contributed by atoms with van der Waals surface area (Å²) >= 11 is 5.70. The quantitative estimate of drug-likeness (QED) is 0.659. The molecule has 0 amide bonds. The molecule has 1 aliphatic heterocycles. The molecule has 7 heteroatoms. The lowest BCUT2D eigenvalue weighted by molar-refractivity contribution is 0.0357. The summed E-state index contributed by atoms with van der Waals surface area (Å²) in [5.74, 6) is 0.499. The number of rotatable bonds is 7. The van der Waals surface area contributed by atoms with Crippen LogP contribution in [-0.2, 0) is 11.3 Å². The van der Waals surface area contributed by atoms with Crippen LogP contribution in [0.4, 0.5) is 0 Å². The van der Waals surface area contributed by atoms with Crippen LogP contribution in [0.1, 0.15) is 30.5 Å². The molecule has 1 aromatic carbocycles. The molecule has 1 fully saturated rings. The van der Waals surface area contributed by atoms with Crippen molar-refractivity contribution in [3.05, 3.63) is 45.2 Å². The first-order valence-corrected chi connectivity index (χ1v) is 11.2. The van der Waals surface area contributed by atoms with Gasteiger partial charge in [0, 0.05) is 38.3 Å². The van der Waals surface area contributed by atoms with Crippen LogP contribution in [0.25, 0.3) is 10.9 Å². The summed E-state index contributed by atoms with van der Waals surface area (Å²) in [5.41, 5.74) is 3.89. The number of ether oxygens (including phenoxy) is 1. The molecule has 0 spiro atoms. The van der Waals surface area contributed by atoms with Crippen LogP contribution < -0.4 is 10.9 Å². The van der Waals surface area contributed by atoms with E-state index in [2.05, 4.69) is 53.0 Å². The van der Waals surface area contributed by atoms with Gasteiger partial charge < -0.3 is 19.9 Å². The third-order valence-electron chi connectivity index (χ3n) is 5.47. The zero-order valence-corrected chi connectivity index (χ0v) is 19.4. The molecule has 1 saturated heterocycles. The van der Waals surface area contributed by atoms with Crippen molar-refractivity contribution in [2.24, 2.45) is 5.92 Å². The van der Waals surface area contributed by atoms with Crippen molar-refractivity contribution < 1.29 is 4.74 Å². The van der Waals surface area contributed by atoms with Gasteiger partial charge in [0.1, 0.15) is 0 Å². The van der Waals surface area contributed by atoms with Crippen LogP contribution in [0.5, 0.6) is 0 Å². The van der Waals surface area contributed by atoms with E-state index in [-0.39, 0.29) is 5.56 Å². The molecule has 30 heavy (non-hydrogen) atoms. The maximum absolute atomic E-state index is 12.8. The van der Waals surface area contributed by atoms with Gasteiger partial charge in [-0.3, -0.25) is 9.69 Å². The van der Waals surface area contributed by atoms with Crippen LogP contribution in [0.2, 0.25) is 0 Å². The molecule has 1 aliphatic rings. The summed E-state index contributed by atoms with van der Waals surface area (Å²) in [7, 11) is 0. The van der Waals surface area contributed by atoms with Gasteiger partial charge in [0.2, 0.25) is 0 Å². The van der Waals surface area contributed by atoms with E-state index in [1.165, 1.54) is 5.56 Å². The number of nitrogens with zero attached hydrogens (tertiary/aromatic N) is 2. The smallest absolute Gasteiger partial charge is 0.253 e. The highest BCUT2D eigenvalue weighted by Gasteiger charge is 2.17. The van der Waals surface area contributed by atoms with Crippen LogP contribution in [-0.4, -0.2) is 65.8 Å². The average molecular weight is 431 g/mol. The molecule has 164 valence electrons. The number of aryl methyl sites for hydroxylation is 2. The number of aromatic nitrogens is 1. The summed E-state index contributed by atoms with van der Waals surface area (Å²) in [4.78, 5) is 20.4. The molecule has 2 heterocycles. The Kier molecular flexibility index (Phi) is 7.86. The van der Waals surface area contributed by atoms with Crippen molar-refractivity contribution in [1.29, 1.82) is 0 Å². The third-order valence-corrected chi connectivity index (χ3v) is 5.87. The van der Waals surface area contributed by atoms with Crippen molar-refractivity contribution in [3.8, 4) is 0 Å². The second-order valence-corrected chi connectivity index (χ2v) is 9.01. The molecule has 2 N–H and O–H groups in total. The summed E-state index contributed by atoms with van der Waals surface area (Å²) in [6.45, 7) is 14.8. The van der Waals surface area contributed by atoms with E-state index in [4.69, 9.17) is 17.0 Å². The van der Waals surface area contributed by atoms with E-state index in [1.54, 1.807) is 0 Å². The first-order valence-electron chi connectivity index (χ1n) is 10.8. The van der Waals surface area contributed by atoms with Gasteiger partial charge in [-0.1, -0.05) is 25.5 Å². The van der Waals surface area contributed by atoms with E-state index in [0.29, 0.717) is 17.6 Å². The van der Waals surface area contributed by atoms with Gasteiger partial charge in [-0.05, 0) is 55.1 Å². The van der Waals surface area contributed by atoms with Crippen molar-refractivity contribution in [3.63, 3.8) is 0 Å². The number of fused-ring (bicyclic) bond motifs is 1. The molecule has 3 rings (SSSR count). The number of nitrogens with one attached hydrogen (secondary N) is 2. The Balaban J connectivity index is 1.80. The summed E-state index contributed by atoms with van der Waals surface area (Å²) < 4.78 is 5.45. The Hall–Kier alpha value is -1.96. The number of benzene rings is 1. The molecule has 2 aromatic rings. The number of H-pyrrole nitrogens is 1. The van der Waals surface area contributed by atoms with E-state index in [9.17, 15) is 4.79 Å². The van der Waals surface area contributed by atoms with Gasteiger partial charge in [0.15, 0.2) is 5.11 Å². The Bertz CT molecular complexity index is 935. The fourth-order valence-corrected chi connectivity index (χ4v) is 4.04. The van der Waals surface area contributed by atoms with Crippen LogP contribution >= 0.6 is 12.2 Å². The SMILES string of the molecule is Cc1cc(C)c2[nH]c(=O)c(CN(CCN3CCOCC3)C(=S)NCC(C)C)cc2c1. The van der Waals surface area contributed by atoms with E-state index >= 15 is 0 Å². The summed E-state index contributed by atoms with van der Waals surface area (Å²) in [6, 6.07) is 6.23. The second-order valence-electron chi connectivity index (χ2n) is 8.63. The predicted molar refractivity (Wildman–Crippen MR) is 127 cm³/mol. The minimum atomic E-state index is -0.0440. The topological polar surface area (TPSA) is 60.6 Å². The standard InChI is InChI=1S/C23H34N4O2S/c1-16(2)14-24-23(30)27(6-5-26-7-9-29-10-8-26)15-20-13-19-12-17(3)11-18(4)21(19)25-22(20)28/h11-13,16H,5-10,14-15H2,1-4H3,(H,24,30)(H,25,28). The van der Waals surface area contributed by atoms with E-state index < -0.39 is 0 Å². The molecule has 6 nitrogen and oxygen atoms in total. The van der Waals surface area contributed by atoms with Crippen LogP contribution in [0, 0.1) is 19.8 Å². The number of pyridine rings is 1. The Morgan fingerprint density at radius 1 is 1.27 bits per heavy atom. The van der Waals surface area contributed by atoms with Crippen molar-refractivity contribution in [2.45, 2.75) is 34.2 Å². The molecular formula is C23H34N4O2S. The molecule has 0 saturated carbocycles. The van der Waals surface area contributed by atoms with Gasteiger partial charge in [-0.15, -0.1) is 0 Å². The monoisotopic (exact) mass is 430 g/mol. The fraction of sp³-hybridized carbons (Fsp3) is 0.565. The first kappa shape index (κ1) is 22.7. The summed E-state index contributed by atoms with van der Waals surface area (Å²) in [5, 5.41) is 5.14. The maximum atomic E-state index is 12.8. The number of hydrogen-bond donors (Lipinski definition) is 2. The first-order chi connectivity index (χ1) is 14.3. The highest BCUT2D eigenvalue weighted by Crippen LogP contribution is 2.18. The Labute approximate surface area is 184 Å². The minimum absolute atomic E-state index is 0.0440. The predicted octanol–water partition coefficient (Wildman–Crippen LogP) is 2.81. The molecule has 0 atom stereocenters. The average Bonchev–Trinajstić information content (AvgIpc) is 2.71. The molecule has 1 aromatic heterocycles. The molecule has 0 aliphatic carbocycles. The highest BCUT2D eigenvalue weighted by molar-refractivity contribution is 7.80. The third kappa shape index (κ3) is 6.03. The maximum Gasteiger partial charge on any atom is 0.253 e. The largest absolute Gasteiger partial charge is 0.379 e. The normalized spacial score (nSPS) is 15.0. The van der Waals surface area contributed by atoms with Gasteiger partial charge >= 0.3 is 0 Å². The van der Waals surface area contributed by atoms with Gasteiger partial charge in [-0.25, -0.2) is 0 Å². The van der Waals surface area contributed by atoms with Crippen molar-refractivity contribution in [1.82, 2.24) is 20.1 Å². The number of thiocarbonyl (C=S) groups is 1. The Morgan fingerprint density at radius 2 is 2.00 bits per heavy atom. The zero-order chi connectivity index (χ0) is 21.7. The Morgan fingerprint density at radius 3 is 2.70 bits per heavy atom. The van der Waals surface area contributed by atoms with Gasteiger partial charge in [-0.2, -0.15) is 0 Å². The van der Waals surface area contributed by atoms with Crippen LogP contribution in [0.15, 0.2) is 23.0 Å². The van der Waals surface area contributed by atoms with E-state index in [1.807, 2.05) is 13.0 Å². The molecule has 0 radical (unpaired) electrons.